The molecule has 1 aromatic carbocycles. The molecule has 7 heteroatoms. The van der Waals surface area contributed by atoms with Gasteiger partial charge in [0.1, 0.15) is 12.3 Å². The lowest BCUT2D eigenvalue weighted by molar-refractivity contribution is -0.175. The molecule has 1 aromatic heterocycles. The molecule has 19 heavy (non-hydrogen) atoms. The van der Waals surface area contributed by atoms with Gasteiger partial charge in [-0.05, 0) is 5.56 Å². The van der Waals surface area contributed by atoms with Gasteiger partial charge in [0.15, 0.2) is 4.47 Å². The van der Waals surface area contributed by atoms with Gasteiger partial charge in [-0.15, -0.1) is 11.3 Å². The van der Waals surface area contributed by atoms with Crippen molar-refractivity contribution in [3.05, 3.63) is 51.4 Å². The Balaban J connectivity index is 2.03. The van der Waals surface area contributed by atoms with Crippen molar-refractivity contribution >= 4 is 28.9 Å². The van der Waals surface area contributed by atoms with Crippen LogP contribution in [0.15, 0.2) is 35.7 Å². The van der Waals surface area contributed by atoms with Gasteiger partial charge in [-0.1, -0.05) is 41.9 Å². The number of hydrogen-bond donors (Lipinski definition) is 0. The standard InChI is InChI=1S/C12H8ClF2NO2S/c13-11-16-9(7-19-11)12(14,15)10(17)18-6-8-4-2-1-3-5-8/h1-5,7H,6H2. The Hall–Kier alpha value is -1.53. The lowest BCUT2D eigenvalue weighted by Gasteiger charge is -2.12. The number of benzene rings is 1. The molecule has 0 saturated carbocycles. The molecule has 0 amide bonds. The zero-order valence-corrected chi connectivity index (χ0v) is 11.0. The van der Waals surface area contributed by atoms with Crippen molar-refractivity contribution < 1.29 is 18.3 Å². The molecule has 0 aliphatic rings. The van der Waals surface area contributed by atoms with Gasteiger partial charge in [0.25, 0.3) is 0 Å². The monoisotopic (exact) mass is 303 g/mol. The van der Waals surface area contributed by atoms with Gasteiger partial charge in [0.2, 0.25) is 0 Å². The van der Waals surface area contributed by atoms with Gasteiger partial charge in [-0.25, -0.2) is 9.78 Å². The largest absolute Gasteiger partial charge is 0.456 e. The summed E-state index contributed by atoms with van der Waals surface area (Å²) < 4.78 is 31.9. The number of carbonyl (C=O) groups excluding carboxylic acids is 1. The molecule has 0 atom stereocenters. The van der Waals surface area contributed by atoms with Crippen LogP contribution in [0.25, 0.3) is 0 Å². The predicted octanol–water partition coefficient (Wildman–Crippen LogP) is 3.63. The Morgan fingerprint density at radius 3 is 2.63 bits per heavy atom. The highest BCUT2D eigenvalue weighted by Crippen LogP contribution is 2.32. The number of hydrogen-bond acceptors (Lipinski definition) is 4. The molecule has 2 rings (SSSR count). The van der Waals surface area contributed by atoms with Gasteiger partial charge in [0, 0.05) is 5.38 Å². The molecule has 0 aliphatic heterocycles. The summed E-state index contributed by atoms with van der Waals surface area (Å²) in [4.78, 5) is 14.8. The first-order valence-electron chi connectivity index (χ1n) is 5.20. The van der Waals surface area contributed by atoms with Crippen molar-refractivity contribution in [2.45, 2.75) is 12.5 Å². The predicted molar refractivity (Wildman–Crippen MR) is 67.3 cm³/mol. The molecular formula is C12H8ClF2NO2S. The number of alkyl halides is 2. The van der Waals surface area contributed by atoms with Crippen LogP contribution < -0.4 is 0 Å². The fourth-order valence-corrected chi connectivity index (χ4v) is 2.10. The highest BCUT2D eigenvalue weighted by molar-refractivity contribution is 7.14. The number of ether oxygens (including phenoxy) is 1. The summed E-state index contributed by atoms with van der Waals surface area (Å²) >= 11 is 6.30. The van der Waals surface area contributed by atoms with Crippen LogP contribution in [0.1, 0.15) is 11.3 Å². The lowest BCUT2D eigenvalue weighted by atomic mass is 10.2. The molecule has 1 heterocycles. The maximum absolute atomic E-state index is 13.7. The molecule has 0 bridgehead atoms. The van der Waals surface area contributed by atoms with Crippen LogP contribution in [0.3, 0.4) is 0 Å². The average molecular weight is 304 g/mol. The highest BCUT2D eigenvalue weighted by Gasteiger charge is 2.45. The quantitative estimate of drug-likeness (QED) is 0.810. The van der Waals surface area contributed by atoms with Gasteiger partial charge < -0.3 is 4.74 Å². The van der Waals surface area contributed by atoms with E-state index in [4.69, 9.17) is 11.6 Å². The zero-order chi connectivity index (χ0) is 13.9. The summed E-state index contributed by atoms with van der Waals surface area (Å²) in [5.74, 6) is -5.43. The lowest BCUT2D eigenvalue weighted by Crippen LogP contribution is -2.28. The summed E-state index contributed by atoms with van der Waals surface area (Å²) in [5.41, 5.74) is -0.0662. The van der Waals surface area contributed by atoms with Crippen LogP contribution in [0.2, 0.25) is 4.47 Å². The minimum atomic E-state index is -3.79. The van der Waals surface area contributed by atoms with Gasteiger partial charge in [-0.2, -0.15) is 8.78 Å². The van der Waals surface area contributed by atoms with Crippen LogP contribution in [0, 0.1) is 0 Å². The number of thiazole rings is 1. The Labute approximate surface area is 116 Å². The maximum Gasteiger partial charge on any atom is 0.385 e. The molecule has 0 unspecified atom stereocenters. The van der Waals surface area contributed by atoms with Crippen molar-refractivity contribution in [2.75, 3.05) is 0 Å². The second-order valence-corrected chi connectivity index (χ2v) is 5.06. The van der Waals surface area contributed by atoms with Gasteiger partial charge in [-0.3, -0.25) is 0 Å². The van der Waals surface area contributed by atoms with E-state index in [1.54, 1.807) is 30.3 Å². The van der Waals surface area contributed by atoms with Crippen LogP contribution in [-0.2, 0) is 22.1 Å². The SMILES string of the molecule is O=C(OCc1ccccc1)C(F)(F)c1csc(Cl)n1. The van der Waals surface area contributed by atoms with Crippen molar-refractivity contribution in [3.63, 3.8) is 0 Å². The third kappa shape index (κ3) is 3.27. The number of carbonyl (C=O) groups is 1. The Bertz CT molecular complexity index is 574. The van der Waals surface area contributed by atoms with E-state index in [2.05, 4.69) is 9.72 Å². The van der Waals surface area contributed by atoms with E-state index in [1.807, 2.05) is 0 Å². The molecule has 0 saturated heterocycles. The Morgan fingerprint density at radius 2 is 2.05 bits per heavy atom. The van der Waals surface area contributed by atoms with E-state index >= 15 is 0 Å². The molecule has 0 radical (unpaired) electrons. The average Bonchev–Trinajstić information content (AvgIpc) is 2.84. The first-order valence-corrected chi connectivity index (χ1v) is 6.46. The van der Waals surface area contributed by atoms with E-state index in [9.17, 15) is 13.6 Å². The molecule has 0 N–H and O–H groups in total. The van der Waals surface area contributed by atoms with Gasteiger partial charge >= 0.3 is 11.9 Å². The molecule has 0 fully saturated rings. The zero-order valence-electron chi connectivity index (χ0n) is 9.48. The van der Waals surface area contributed by atoms with Gasteiger partial charge in [0.05, 0.1) is 0 Å². The minimum absolute atomic E-state index is 0.0504. The summed E-state index contributed by atoms with van der Waals surface area (Å²) in [6.07, 6.45) is 0. The molecular weight excluding hydrogens is 296 g/mol. The fraction of sp³-hybridized carbons (Fsp3) is 0.167. The Kier molecular flexibility index (Phi) is 4.11. The maximum atomic E-state index is 13.7. The summed E-state index contributed by atoms with van der Waals surface area (Å²) in [5, 5.41) is 1.03. The van der Waals surface area contributed by atoms with E-state index in [0.29, 0.717) is 5.56 Å². The van der Waals surface area contributed by atoms with Crippen LogP contribution in [0.4, 0.5) is 8.78 Å². The highest BCUT2D eigenvalue weighted by atomic mass is 35.5. The van der Waals surface area contributed by atoms with E-state index in [-0.39, 0.29) is 11.1 Å². The van der Waals surface area contributed by atoms with E-state index < -0.39 is 17.6 Å². The first-order chi connectivity index (χ1) is 9.00. The molecule has 0 aliphatic carbocycles. The summed E-state index contributed by atoms with van der Waals surface area (Å²) in [6, 6.07) is 8.57. The van der Waals surface area contributed by atoms with Crippen LogP contribution >= 0.6 is 22.9 Å². The number of esters is 1. The van der Waals surface area contributed by atoms with Crippen molar-refractivity contribution in [3.8, 4) is 0 Å². The summed E-state index contributed by atoms with van der Waals surface area (Å²) in [6.45, 7) is -0.215. The first kappa shape index (κ1) is 13.9. The Morgan fingerprint density at radius 1 is 1.37 bits per heavy atom. The number of rotatable bonds is 4. The van der Waals surface area contributed by atoms with Crippen LogP contribution in [-0.4, -0.2) is 11.0 Å². The fourth-order valence-electron chi connectivity index (χ4n) is 1.31. The molecule has 0 spiro atoms. The smallest absolute Gasteiger partial charge is 0.385 e. The normalized spacial score (nSPS) is 11.3. The molecule has 2 aromatic rings. The van der Waals surface area contributed by atoms with E-state index in [1.165, 1.54) is 0 Å². The number of aromatic nitrogens is 1. The third-order valence-corrected chi connectivity index (χ3v) is 3.25. The van der Waals surface area contributed by atoms with Crippen molar-refractivity contribution in [2.24, 2.45) is 0 Å². The molecule has 100 valence electrons. The topological polar surface area (TPSA) is 39.2 Å². The third-order valence-electron chi connectivity index (χ3n) is 2.27. The number of halogens is 3. The van der Waals surface area contributed by atoms with Crippen LogP contribution in [0.5, 0.6) is 0 Å². The second-order valence-electron chi connectivity index (χ2n) is 3.62. The summed E-state index contributed by atoms with van der Waals surface area (Å²) in [7, 11) is 0. The molecule has 3 nitrogen and oxygen atoms in total. The number of nitrogens with zero attached hydrogens (tertiary/aromatic N) is 1. The second kappa shape index (κ2) is 5.63. The van der Waals surface area contributed by atoms with Crippen molar-refractivity contribution in [1.82, 2.24) is 4.98 Å². The van der Waals surface area contributed by atoms with E-state index in [0.717, 1.165) is 16.7 Å². The van der Waals surface area contributed by atoms with Crippen molar-refractivity contribution in [1.29, 1.82) is 0 Å². The minimum Gasteiger partial charge on any atom is -0.456 e.